The lowest BCUT2D eigenvalue weighted by molar-refractivity contribution is -0.117. The molecular formula is C31H38N4O3. The van der Waals surface area contributed by atoms with Crippen LogP contribution in [0.1, 0.15) is 41.3 Å². The summed E-state index contributed by atoms with van der Waals surface area (Å²) in [6.07, 6.45) is 1.91. The summed E-state index contributed by atoms with van der Waals surface area (Å²) in [5, 5.41) is 20.8. The highest BCUT2D eigenvalue weighted by molar-refractivity contribution is 6.00. The second-order valence-electron chi connectivity index (χ2n) is 9.72. The smallest absolute Gasteiger partial charge is 0.251 e. The molecule has 0 saturated carbocycles. The third-order valence-corrected chi connectivity index (χ3v) is 6.81. The molecule has 4 rings (SSSR count). The van der Waals surface area contributed by atoms with E-state index < -0.39 is 12.1 Å². The summed E-state index contributed by atoms with van der Waals surface area (Å²) in [4.78, 5) is 27.6. The monoisotopic (exact) mass is 514 g/mol. The number of carbonyl (C=O) groups excluding carboxylic acids is 2. The number of rotatable bonds is 13. The van der Waals surface area contributed by atoms with Crippen LogP contribution in [0.25, 0.3) is 0 Å². The Kier molecular flexibility index (Phi) is 9.90. The minimum Gasteiger partial charge on any atom is -0.390 e. The number of hydrogen-bond acceptors (Lipinski definition) is 5. The second-order valence-corrected chi connectivity index (χ2v) is 9.72. The van der Waals surface area contributed by atoms with Crippen molar-refractivity contribution in [2.75, 3.05) is 36.4 Å². The van der Waals surface area contributed by atoms with Gasteiger partial charge in [-0.15, -0.1) is 0 Å². The first kappa shape index (κ1) is 27.4. The minimum atomic E-state index is -0.786. The lowest BCUT2D eigenvalue weighted by atomic mass is 10.00. The fraction of sp³-hybridized carbons (Fsp3) is 0.355. The summed E-state index contributed by atoms with van der Waals surface area (Å²) in [5.41, 5.74) is 4.24. The predicted molar refractivity (Wildman–Crippen MR) is 153 cm³/mol. The van der Waals surface area contributed by atoms with Gasteiger partial charge in [-0.2, -0.15) is 0 Å². The number of amides is 2. The number of nitrogens with one attached hydrogen (secondary N) is 3. The Balaban J connectivity index is 1.47. The Bertz CT molecular complexity index is 1190. The third kappa shape index (κ3) is 7.66. The molecule has 7 nitrogen and oxygen atoms in total. The molecule has 0 aliphatic carbocycles. The topological polar surface area (TPSA) is 93.7 Å². The SMILES string of the molecule is CCNc1cc(C(=O)N[C@@H](Cc2ccccc2)[C@@H](O)CNCCc2ccccc2)cc(N2CCCC2=O)c1. The van der Waals surface area contributed by atoms with Gasteiger partial charge < -0.3 is 26.0 Å². The fourth-order valence-corrected chi connectivity index (χ4v) is 4.80. The molecule has 38 heavy (non-hydrogen) atoms. The van der Waals surface area contributed by atoms with E-state index in [0.29, 0.717) is 38.0 Å². The van der Waals surface area contributed by atoms with Crippen molar-refractivity contribution >= 4 is 23.2 Å². The molecule has 0 bridgehead atoms. The summed E-state index contributed by atoms with van der Waals surface area (Å²) in [5.74, 6) is -0.203. The number of benzene rings is 3. The fourth-order valence-electron chi connectivity index (χ4n) is 4.80. The van der Waals surface area contributed by atoms with Crippen LogP contribution < -0.4 is 20.9 Å². The van der Waals surface area contributed by atoms with Gasteiger partial charge in [0.25, 0.3) is 5.91 Å². The van der Waals surface area contributed by atoms with Crippen LogP contribution in [0, 0.1) is 0 Å². The van der Waals surface area contributed by atoms with Gasteiger partial charge in [-0.3, -0.25) is 9.59 Å². The van der Waals surface area contributed by atoms with Crippen molar-refractivity contribution < 1.29 is 14.7 Å². The molecular weight excluding hydrogens is 476 g/mol. The number of anilines is 2. The summed E-state index contributed by atoms with van der Waals surface area (Å²) >= 11 is 0. The molecule has 4 N–H and O–H groups in total. The van der Waals surface area contributed by atoms with Gasteiger partial charge in [0, 0.05) is 43.0 Å². The summed E-state index contributed by atoms with van der Waals surface area (Å²) in [7, 11) is 0. The van der Waals surface area contributed by atoms with Gasteiger partial charge in [0.2, 0.25) is 5.91 Å². The molecule has 3 aromatic carbocycles. The molecule has 0 spiro atoms. The average molecular weight is 515 g/mol. The van der Waals surface area contributed by atoms with Gasteiger partial charge in [-0.1, -0.05) is 60.7 Å². The number of aliphatic hydroxyl groups excluding tert-OH is 1. The highest BCUT2D eigenvalue weighted by Crippen LogP contribution is 2.27. The molecule has 1 aliphatic heterocycles. The largest absolute Gasteiger partial charge is 0.390 e. The molecule has 1 heterocycles. The van der Waals surface area contributed by atoms with Crippen molar-refractivity contribution in [2.45, 2.75) is 44.8 Å². The van der Waals surface area contributed by atoms with E-state index in [1.807, 2.05) is 61.5 Å². The standard InChI is InChI=1S/C31H38N4O3/c1-2-33-26-19-25(20-27(21-26)35-17-9-14-30(35)37)31(38)34-28(18-24-12-7-4-8-13-24)29(36)22-32-16-15-23-10-5-3-6-11-23/h3-8,10-13,19-21,28-29,32-33,36H,2,9,14-18,22H2,1H3,(H,34,38)/t28-,29-/m0/s1. The Hall–Kier alpha value is -3.68. The van der Waals surface area contributed by atoms with Gasteiger partial charge in [0.1, 0.15) is 0 Å². The minimum absolute atomic E-state index is 0.0731. The van der Waals surface area contributed by atoms with Crippen LogP contribution in [-0.2, 0) is 17.6 Å². The highest BCUT2D eigenvalue weighted by Gasteiger charge is 2.25. The molecule has 0 unspecified atom stereocenters. The lowest BCUT2D eigenvalue weighted by Gasteiger charge is -2.25. The van der Waals surface area contributed by atoms with Gasteiger partial charge in [-0.05, 0) is 62.1 Å². The van der Waals surface area contributed by atoms with E-state index in [4.69, 9.17) is 0 Å². The Morgan fingerprint density at radius 3 is 2.37 bits per heavy atom. The lowest BCUT2D eigenvalue weighted by Crippen LogP contribution is -2.49. The maximum absolute atomic E-state index is 13.5. The van der Waals surface area contributed by atoms with E-state index in [9.17, 15) is 14.7 Å². The van der Waals surface area contributed by atoms with E-state index in [0.717, 1.165) is 36.3 Å². The molecule has 0 radical (unpaired) electrons. The van der Waals surface area contributed by atoms with Crippen LogP contribution in [0.5, 0.6) is 0 Å². The molecule has 200 valence electrons. The van der Waals surface area contributed by atoms with Crippen LogP contribution in [0.3, 0.4) is 0 Å². The van der Waals surface area contributed by atoms with Crippen LogP contribution in [0.4, 0.5) is 11.4 Å². The quantitative estimate of drug-likeness (QED) is 0.261. The van der Waals surface area contributed by atoms with Crippen LogP contribution in [0.15, 0.2) is 78.9 Å². The van der Waals surface area contributed by atoms with E-state index in [1.165, 1.54) is 5.56 Å². The normalized spacial score (nSPS) is 14.8. The first-order chi connectivity index (χ1) is 18.5. The van der Waals surface area contributed by atoms with Gasteiger partial charge in [0.15, 0.2) is 0 Å². The van der Waals surface area contributed by atoms with Crippen molar-refractivity contribution in [1.82, 2.24) is 10.6 Å². The van der Waals surface area contributed by atoms with Crippen molar-refractivity contribution in [1.29, 1.82) is 0 Å². The Labute approximate surface area is 225 Å². The summed E-state index contributed by atoms with van der Waals surface area (Å²) < 4.78 is 0. The van der Waals surface area contributed by atoms with Crippen LogP contribution >= 0.6 is 0 Å². The predicted octanol–water partition coefficient (Wildman–Crippen LogP) is 3.78. The van der Waals surface area contributed by atoms with E-state index in [2.05, 4.69) is 28.1 Å². The molecule has 0 aromatic heterocycles. The molecule has 1 fully saturated rings. The van der Waals surface area contributed by atoms with Crippen molar-refractivity contribution in [3.05, 3.63) is 95.6 Å². The molecule has 1 aliphatic rings. The summed E-state index contributed by atoms with van der Waals surface area (Å²) in [6.45, 7) is 4.42. The number of carbonyl (C=O) groups is 2. The zero-order valence-electron chi connectivity index (χ0n) is 22.0. The second kappa shape index (κ2) is 13.7. The molecule has 1 saturated heterocycles. The zero-order chi connectivity index (χ0) is 26.7. The first-order valence-corrected chi connectivity index (χ1v) is 13.5. The van der Waals surface area contributed by atoms with E-state index >= 15 is 0 Å². The maximum atomic E-state index is 13.5. The highest BCUT2D eigenvalue weighted by atomic mass is 16.3. The van der Waals surface area contributed by atoms with E-state index in [1.54, 1.807) is 17.0 Å². The number of nitrogens with zero attached hydrogens (tertiary/aromatic N) is 1. The average Bonchev–Trinajstić information content (AvgIpc) is 3.37. The zero-order valence-corrected chi connectivity index (χ0v) is 22.0. The number of hydrogen-bond donors (Lipinski definition) is 4. The maximum Gasteiger partial charge on any atom is 0.251 e. The molecule has 7 heteroatoms. The first-order valence-electron chi connectivity index (χ1n) is 13.5. The summed E-state index contributed by atoms with van der Waals surface area (Å²) in [6, 6.07) is 25.1. The van der Waals surface area contributed by atoms with Gasteiger partial charge >= 0.3 is 0 Å². The molecule has 2 atom stereocenters. The third-order valence-electron chi connectivity index (χ3n) is 6.81. The van der Waals surface area contributed by atoms with Crippen molar-refractivity contribution in [2.24, 2.45) is 0 Å². The number of aliphatic hydroxyl groups is 1. The van der Waals surface area contributed by atoms with Crippen molar-refractivity contribution in [3.8, 4) is 0 Å². The Morgan fingerprint density at radius 1 is 1.00 bits per heavy atom. The molecule has 2 amide bonds. The molecule has 3 aromatic rings. The van der Waals surface area contributed by atoms with E-state index in [-0.39, 0.29) is 11.8 Å². The van der Waals surface area contributed by atoms with Crippen LogP contribution in [0.2, 0.25) is 0 Å². The van der Waals surface area contributed by atoms with Crippen molar-refractivity contribution in [3.63, 3.8) is 0 Å². The van der Waals surface area contributed by atoms with Crippen LogP contribution in [-0.4, -0.2) is 55.2 Å². The van der Waals surface area contributed by atoms with Gasteiger partial charge in [0.05, 0.1) is 12.1 Å². The van der Waals surface area contributed by atoms with Gasteiger partial charge in [-0.25, -0.2) is 0 Å². The Morgan fingerprint density at radius 2 is 1.71 bits per heavy atom.